The number of hydrogen-bond acceptors (Lipinski definition) is 6. The van der Waals surface area contributed by atoms with Crippen LogP contribution >= 0.6 is 0 Å². The van der Waals surface area contributed by atoms with Gasteiger partial charge in [0.15, 0.2) is 13.0 Å². The highest BCUT2D eigenvalue weighted by molar-refractivity contribution is 5.65. The molecule has 0 spiro atoms. The van der Waals surface area contributed by atoms with Crippen molar-refractivity contribution >= 4 is 11.7 Å². The Morgan fingerprint density at radius 3 is 2.74 bits per heavy atom. The van der Waals surface area contributed by atoms with E-state index in [-0.39, 0.29) is 18.4 Å². The van der Waals surface area contributed by atoms with Crippen LogP contribution in [0.4, 0.5) is 5.69 Å². The minimum Gasteiger partial charge on any atom is -0.472 e. The number of ether oxygens (including phenoxy) is 2. The number of hydrogen-bond donors (Lipinski definition) is 0. The highest BCUT2D eigenvalue weighted by atomic mass is 16.6. The molecular weight excluding hydrogens is 252 g/mol. The van der Waals surface area contributed by atoms with Crippen LogP contribution in [0.25, 0.3) is 0 Å². The average Bonchev–Trinajstić information content (AvgIpc) is 2.84. The number of non-ortho nitro benzene ring substituents is 1. The SMILES string of the molecule is CC(=O)OCN1C=COC1c1ccc([N+](=O)[O-])cc1. The molecule has 19 heavy (non-hydrogen) atoms. The maximum absolute atomic E-state index is 10.8. The van der Waals surface area contributed by atoms with E-state index in [4.69, 9.17) is 9.47 Å². The molecule has 1 atom stereocenters. The lowest BCUT2D eigenvalue weighted by atomic mass is 10.2. The number of rotatable bonds is 4. The van der Waals surface area contributed by atoms with Crippen molar-refractivity contribution in [2.24, 2.45) is 0 Å². The Kier molecular flexibility index (Phi) is 3.65. The molecule has 7 heteroatoms. The van der Waals surface area contributed by atoms with Crippen molar-refractivity contribution < 1.29 is 19.2 Å². The molecule has 0 aromatic heterocycles. The second-order valence-electron chi connectivity index (χ2n) is 3.90. The minimum absolute atomic E-state index is 0.0150. The fourth-order valence-electron chi connectivity index (χ4n) is 1.65. The third-order valence-corrected chi connectivity index (χ3v) is 2.57. The van der Waals surface area contributed by atoms with Crippen molar-refractivity contribution in [3.05, 3.63) is 52.4 Å². The van der Waals surface area contributed by atoms with Gasteiger partial charge in [-0.05, 0) is 12.1 Å². The summed E-state index contributed by atoms with van der Waals surface area (Å²) in [6.45, 7) is 1.38. The van der Waals surface area contributed by atoms with Gasteiger partial charge in [0.1, 0.15) is 6.26 Å². The number of nitrogens with zero attached hydrogens (tertiary/aromatic N) is 2. The lowest BCUT2D eigenvalue weighted by Gasteiger charge is -2.23. The predicted molar refractivity (Wildman–Crippen MR) is 64.5 cm³/mol. The molecule has 0 saturated heterocycles. The molecule has 0 fully saturated rings. The van der Waals surface area contributed by atoms with Crippen LogP contribution in [0.3, 0.4) is 0 Å². The molecule has 2 rings (SSSR count). The van der Waals surface area contributed by atoms with Crippen LogP contribution in [0.2, 0.25) is 0 Å². The summed E-state index contributed by atoms with van der Waals surface area (Å²) < 4.78 is 10.3. The molecule has 1 aliphatic heterocycles. The Morgan fingerprint density at radius 2 is 2.16 bits per heavy atom. The molecule has 1 heterocycles. The van der Waals surface area contributed by atoms with Crippen LogP contribution < -0.4 is 0 Å². The van der Waals surface area contributed by atoms with E-state index in [0.29, 0.717) is 0 Å². The molecule has 0 saturated carbocycles. The predicted octanol–water partition coefficient (Wildman–Crippen LogP) is 1.92. The zero-order valence-electron chi connectivity index (χ0n) is 10.2. The van der Waals surface area contributed by atoms with Crippen LogP contribution in [-0.2, 0) is 14.3 Å². The van der Waals surface area contributed by atoms with Gasteiger partial charge >= 0.3 is 5.97 Å². The topological polar surface area (TPSA) is 81.9 Å². The van der Waals surface area contributed by atoms with Gasteiger partial charge in [0.2, 0.25) is 0 Å². The van der Waals surface area contributed by atoms with Crippen molar-refractivity contribution in [3.63, 3.8) is 0 Å². The lowest BCUT2D eigenvalue weighted by molar-refractivity contribution is -0.384. The van der Waals surface area contributed by atoms with Crippen molar-refractivity contribution in [2.75, 3.05) is 6.73 Å². The Hall–Kier alpha value is -2.57. The Balaban J connectivity index is 2.08. The van der Waals surface area contributed by atoms with Gasteiger partial charge in [-0.15, -0.1) is 0 Å². The first-order chi connectivity index (χ1) is 9.08. The number of carbonyl (C=O) groups is 1. The zero-order chi connectivity index (χ0) is 13.8. The molecule has 1 unspecified atom stereocenters. The molecule has 0 radical (unpaired) electrons. The summed E-state index contributed by atoms with van der Waals surface area (Å²) in [5, 5.41) is 10.6. The average molecular weight is 264 g/mol. The summed E-state index contributed by atoms with van der Waals surface area (Å²) in [5.41, 5.74) is 0.754. The van der Waals surface area contributed by atoms with E-state index in [1.54, 1.807) is 23.2 Å². The van der Waals surface area contributed by atoms with Crippen LogP contribution in [0.5, 0.6) is 0 Å². The van der Waals surface area contributed by atoms with E-state index in [9.17, 15) is 14.9 Å². The Bertz CT molecular complexity index is 511. The molecule has 0 amide bonds. The van der Waals surface area contributed by atoms with Gasteiger partial charge in [0.05, 0.1) is 4.92 Å². The first kappa shape index (κ1) is 12.9. The Morgan fingerprint density at radius 1 is 1.47 bits per heavy atom. The summed E-state index contributed by atoms with van der Waals surface area (Å²) in [7, 11) is 0. The normalized spacial score (nSPS) is 17.1. The molecule has 7 nitrogen and oxygen atoms in total. The summed E-state index contributed by atoms with van der Waals surface area (Å²) in [6, 6.07) is 6.02. The number of nitro benzene ring substituents is 1. The molecule has 100 valence electrons. The van der Waals surface area contributed by atoms with Crippen LogP contribution in [0.15, 0.2) is 36.7 Å². The van der Waals surface area contributed by atoms with Gasteiger partial charge < -0.3 is 14.4 Å². The molecule has 1 aromatic rings. The molecule has 0 bridgehead atoms. The maximum Gasteiger partial charge on any atom is 0.304 e. The first-order valence-electron chi connectivity index (χ1n) is 5.53. The summed E-state index contributed by atoms with van der Waals surface area (Å²) in [5.74, 6) is -0.386. The third-order valence-electron chi connectivity index (χ3n) is 2.57. The van der Waals surface area contributed by atoms with E-state index >= 15 is 0 Å². The highest BCUT2D eigenvalue weighted by Gasteiger charge is 2.23. The molecule has 1 aliphatic rings. The summed E-state index contributed by atoms with van der Waals surface area (Å²) in [4.78, 5) is 22.5. The van der Waals surface area contributed by atoms with Gasteiger partial charge in [0.25, 0.3) is 5.69 Å². The van der Waals surface area contributed by atoms with Gasteiger partial charge in [-0.1, -0.05) is 0 Å². The second kappa shape index (κ2) is 5.38. The molecule has 1 aromatic carbocycles. The third kappa shape index (κ3) is 3.01. The van der Waals surface area contributed by atoms with Crippen LogP contribution in [0.1, 0.15) is 18.7 Å². The quantitative estimate of drug-likeness (QED) is 0.469. The summed E-state index contributed by atoms with van der Waals surface area (Å²) in [6.07, 6.45) is 2.69. The van der Waals surface area contributed by atoms with Gasteiger partial charge in [0, 0.05) is 30.8 Å². The van der Waals surface area contributed by atoms with E-state index < -0.39 is 11.2 Å². The largest absolute Gasteiger partial charge is 0.472 e. The van der Waals surface area contributed by atoms with Gasteiger partial charge in [-0.25, -0.2) is 0 Å². The first-order valence-corrected chi connectivity index (χ1v) is 5.53. The van der Waals surface area contributed by atoms with Gasteiger partial charge in [-0.3, -0.25) is 14.9 Å². The van der Waals surface area contributed by atoms with Crippen molar-refractivity contribution in [1.82, 2.24) is 4.90 Å². The lowest BCUT2D eigenvalue weighted by Crippen LogP contribution is -2.24. The molecule has 0 N–H and O–H groups in total. The monoisotopic (exact) mass is 264 g/mol. The number of carbonyl (C=O) groups excluding carboxylic acids is 1. The smallest absolute Gasteiger partial charge is 0.304 e. The fourth-order valence-corrected chi connectivity index (χ4v) is 1.65. The Labute approximate surface area is 109 Å². The van der Waals surface area contributed by atoms with E-state index in [0.717, 1.165) is 5.56 Å². The van der Waals surface area contributed by atoms with E-state index in [1.807, 2.05) is 0 Å². The maximum atomic E-state index is 10.8. The summed E-state index contributed by atoms with van der Waals surface area (Å²) >= 11 is 0. The van der Waals surface area contributed by atoms with Gasteiger partial charge in [-0.2, -0.15) is 0 Å². The van der Waals surface area contributed by atoms with E-state index in [1.165, 1.54) is 25.3 Å². The second-order valence-corrected chi connectivity index (χ2v) is 3.90. The number of nitro groups is 1. The fraction of sp³-hybridized carbons (Fsp3) is 0.250. The molecule has 0 aliphatic carbocycles. The van der Waals surface area contributed by atoms with Crippen molar-refractivity contribution in [1.29, 1.82) is 0 Å². The van der Waals surface area contributed by atoms with Crippen LogP contribution in [0, 0.1) is 10.1 Å². The standard InChI is InChI=1S/C12H12N2O5/c1-9(15)19-8-13-6-7-18-12(13)10-2-4-11(5-3-10)14(16)17/h2-7,12H,8H2,1H3. The van der Waals surface area contributed by atoms with Crippen LogP contribution in [-0.4, -0.2) is 22.5 Å². The van der Waals surface area contributed by atoms with Crippen molar-refractivity contribution in [2.45, 2.75) is 13.2 Å². The van der Waals surface area contributed by atoms with Crippen molar-refractivity contribution in [3.8, 4) is 0 Å². The zero-order valence-corrected chi connectivity index (χ0v) is 10.2. The highest BCUT2D eigenvalue weighted by Crippen LogP contribution is 2.28. The minimum atomic E-state index is -0.464. The number of esters is 1. The van der Waals surface area contributed by atoms with E-state index in [2.05, 4.69) is 0 Å². The number of benzene rings is 1. The molecular formula is C12H12N2O5.